The average molecular weight is 261 g/mol. The summed E-state index contributed by atoms with van der Waals surface area (Å²) in [7, 11) is -1.13. The largest absolute Gasteiger partial charge is 0.378 e. The molecular weight excluding hydrogens is 246 g/mol. The molecule has 2 atom stereocenters. The van der Waals surface area contributed by atoms with Gasteiger partial charge in [-0.25, -0.2) is 0 Å². The van der Waals surface area contributed by atoms with E-state index >= 15 is 0 Å². The summed E-state index contributed by atoms with van der Waals surface area (Å²) in [4.78, 5) is 4.20. The second-order valence-corrected chi connectivity index (χ2v) is 5.59. The predicted octanol–water partition coefficient (Wildman–Crippen LogP) is 1.70. The molecule has 3 nitrogen and oxygen atoms in total. The number of rotatable bonds is 4. The van der Waals surface area contributed by atoms with E-state index in [1.807, 2.05) is 36.4 Å². The molecule has 94 valence electrons. The molecule has 2 aromatic rings. The fourth-order valence-electron chi connectivity index (χ4n) is 1.92. The summed E-state index contributed by atoms with van der Waals surface area (Å²) in [5.41, 5.74) is -0.0763. The predicted molar refractivity (Wildman–Crippen MR) is 72.6 cm³/mol. The fraction of sp³-hybridized carbons (Fsp3) is 0.214. The molecule has 1 heterocycles. The number of hydrogen-bond acceptors (Lipinski definition) is 3. The molecule has 1 aromatic carbocycles. The molecule has 0 saturated heterocycles. The molecule has 2 rings (SSSR count). The molecule has 1 aromatic heterocycles. The number of aromatic nitrogens is 1. The van der Waals surface area contributed by atoms with Crippen LogP contribution in [0.15, 0.2) is 54.7 Å². The van der Waals surface area contributed by atoms with Gasteiger partial charge in [-0.1, -0.05) is 36.4 Å². The van der Waals surface area contributed by atoms with Crippen LogP contribution in [0.25, 0.3) is 0 Å². The van der Waals surface area contributed by atoms with Crippen LogP contribution >= 0.6 is 0 Å². The Morgan fingerprint density at radius 3 is 2.39 bits per heavy atom. The van der Waals surface area contributed by atoms with Gasteiger partial charge in [0.1, 0.15) is 5.60 Å². The van der Waals surface area contributed by atoms with Gasteiger partial charge in [-0.2, -0.15) is 0 Å². The van der Waals surface area contributed by atoms with Gasteiger partial charge in [0, 0.05) is 23.3 Å². The van der Waals surface area contributed by atoms with Crippen LogP contribution in [0.3, 0.4) is 0 Å². The summed E-state index contributed by atoms with van der Waals surface area (Å²) in [5.74, 6) is 0.133. The summed E-state index contributed by atoms with van der Waals surface area (Å²) >= 11 is 0. The topological polar surface area (TPSA) is 50.2 Å². The lowest BCUT2D eigenvalue weighted by Gasteiger charge is -2.27. The van der Waals surface area contributed by atoms with Crippen molar-refractivity contribution in [1.82, 2.24) is 4.98 Å². The Hall–Kier alpha value is -1.52. The van der Waals surface area contributed by atoms with Crippen molar-refractivity contribution in [2.45, 2.75) is 5.60 Å². The molecule has 0 saturated carbocycles. The summed E-state index contributed by atoms with van der Waals surface area (Å²) in [6.45, 7) is 0. The fourth-order valence-corrected chi connectivity index (χ4v) is 2.82. The van der Waals surface area contributed by atoms with E-state index in [1.54, 1.807) is 24.6 Å². The maximum atomic E-state index is 11.5. The molecule has 0 aliphatic carbocycles. The Bertz CT molecular complexity index is 489. The summed E-state index contributed by atoms with van der Waals surface area (Å²) in [6, 6.07) is 14.6. The van der Waals surface area contributed by atoms with Crippen LogP contribution < -0.4 is 0 Å². The first-order chi connectivity index (χ1) is 8.63. The third-order valence-corrected chi connectivity index (χ3v) is 3.58. The summed E-state index contributed by atoms with van der Waals surface area (Å²) in [5, 5.41) is 10.9. The first-order valence-electron chi connectivity index (χ1n) is 5.62. The smallest absolute Gasteiger partial charge is 0.143 e. The SMILES string of the molecule is C[S@@](=O)C[C@@](O)(c1ccccc1)c1ccccn1. The van der Waals surface area contributed by atoms with Crippen molar-refractivity contribution in [2.75, 3.05) is 12.0 Å². The van der Waals surface area contributed by atoms with Crippen molar-refractivity contribution in [3.8, 4) is 0 Å². The van der Waals surface area contributed by atoms with Gasteiger partial charge in [-0.15, -0.1) is 0 Å². The second kappa shape index (κ2) is 5.42. The number of hydrogen-bond donors (Lipinski definition) is 1. The van der Waals surface area contributed by atoms with Crippen LogP contribution in [0.2, 0.25) is 0 Å². The maximum absolute atomic E-state index is 11.5. The number of benzene rings is 1. The second-order valence-electron chi connectivity index (χ2n) is 4.16. The van der Waals surface area contributed by atoms with Gasteiger partial charge in [-0.3, -0.25) is 9.19 Å². The zero-order valence-corrected chi connectivity index (χ0v) is 10.9. The minimum absolute atomic E-state index is 0.133. The van der Waals surface area contributed by atoms with E-state index in [-0.39, 0.29) is 5.75 Å². The highest BCUT2D eigenvalue weighted by Crippen LogP contribution is 2.28. The van der Waals surface area contributed by atoms with Gasteiger partial charge in [0.15, 0.2) is 0 Å². The van der Waals surface area contributed by atoms with Crippen molar-refractivity contribution < 1.29 is 9.32 Å². The molecule has 0 spiro atoms. The van der Waals surface area contributed by atoms with Gasteiger partial charge < -0.3 is 5.11 Å². The summed E-state index contributed by atoms with van der Waals surface area (Å²) in [6.07, 6.45) is 3.21. The lowest BCUT2D eigenvalue weighted by atomic mass is 9.92. The Morgan fingerprint density at radius 2 is 1.83 bits per heavy atom. The number of nitrogens with zero attached hydrogens (tertiary/aromatic N) is 1. The molecule has 0 bridgehead atoms. The molecule has 0 aliphatic heterocycles. The van der Waals surface area contributed by atoms with E-state index in [2.05, 4.69) is 4.98 Å². The van der Waals surface area contributed by atoms with Gasteiger partial charge in [0.05, 0.1) is 11.4 Å². The van der Waals surface area contributed by atoms with E-state index < -0.39 is 16.4 Å². The molecule has 4 heteroatoms. The van der Waals surface area contributed by atoms with Crippen LogP contribution in [0.1, 0.15) is 11.3 Å². The Morgan fingerprint density at radius 1 is 1.17 bits per heavy atom. The molecule has 0 fully saturated rings. The van der Waals surface area contributed by atoms with E-state index in [9.17, 15) is 9.32 Å². The third-order valence-electron chi connectivity index (χ3n) is 2.75. The highest BCUT2D eigenvalue weighted by molar-refractivity contribution is 7.84. The third kappa shape index (κ3) is 2.66. The van der Waals surface area contributed by atoms with Crippen molar-refractivity contribution in [2.24, 2.45) is 0 Å². The zero-order chi connectivity index (χ0) is 13.0. The van der Waals surface area contributed by atoms with E-state index in [0.29, 0.717) is 11.3 Å². The lowest BCUT2D eigenvalue weighted by molar-refractivity contribution is 0.102. The zero-order valence-electron chi connectivity index (χ0n) is 10.1. The standard InChI is InChI=1S/C14H15NO2S/c1-18(17)11-14(16,12-7-3-2-4-8-12)13-9-5-6-10-15-13/h2-10,16H,11H2,1H3/t14-,18-/m1/s1. The van der Waals surface area contributed by atoms with Crippen molar-refractivity contribution >= 4 is 10.8 Å². The van der Waals surface area contributed by atoms with Crippen LogP contribution in [0.5, 0.6) is 0 Å². The molecule has 0 unspecified atom stereocenters. The molecule has 18 heavy (non-hydrogen) atoms. The number of pyridine rings is 1. The summed E-state index contributed by atoms with van der Waals surface area (Å²) < 4.78 is 11.5. The molecule has 1 N–H and O–H groups in total. The number of aliphatic hydroxyl groups is 1. The molecule has 0 amide bonds. The van der Waals surface area contributed by atoms with Crippen LogP contribution in [-0.4, -0.2) is 26.3 Å². The van der Waals surface area contributed by atoms with Gasteiger partial charge >= 0.3 is 0 Å². The lowest BCUT2D eigenvalue weighted by Crippen LogP contribution is -2.34. The van der Waals surface area contributed by atoms with E-state index in [1.165, 1.54) is 0 Å². The normalized spacial score (nSPS) is 15.9. The van der Waals surface area contributed by atoms with E-state index in [4.69, 9.17) is 0 Å². The van der Waals surface area contributed by atoms with Gasteiger partial charge in [0.2, 0.25) is 0 Å². The first-order valence-corrected chi connectivity index (χ1v) is 7.35. The van der Waals surface area contributed by atoms with Gasteiger partial charge in [0.25, 0.3) is 0 Å². The van der Waals surface area contributed by atoms with Crippen LogP contribution in [0, 0.1) is 0 Å². The van der Waals surface area contributed by atoms with Crippen molar-refractivity contribution in [3.05, 3.63) is 66.0 Å². The van der Waals surface area contributed by atoms with Crippen molar-refractivity contribution in [1.29, 1.82) is 0 Å². The van der Waals surface area contributed by atoms with Crippen molar-refractivity contribution in [3.63, 3.8) is 0 Å². The van der Waals surface area contributed by atoms with Crippen LogP contribution in [0.4, 0.5) is 0 Å². The van der Waals surface area contributed by atoms with Gasteiger partial charge in [-0.05, 0) is 17.7 Å². The van der Waals surface area contributed by atoms with Crippen LogP contribution in [-0.2, 0) is 16.4 Å². The van der Waals surface area contributed by atoms with E-state index in [0.717, 1.165) is 0 Å². The highest BCUT2D eigenvalue weighted by atomic mass is 32.2. The minimum atomic E-state index is -1.30. The highest BCUT2D eigenvalue weighted by Gasteiger charge is 2.33. The minimum Gasteiger partial charge on any atom is -0.378 e. The quantitative estimate of drug-likeness (QED) is 0.911. The first kappa shape index (κ1) is 12.9. The molecule has 0 aliphatic rings. The molecular formula is C14H15NO2S. The monoisotopic (exact) mass is 261 g/mol. The molecule has 0 radical (unpaired) electrons. The Balaban J connectivity index is 2.51. The Kier molecular flexibility index (Phi) is 3.89. The average Bonchev–Trinajstić information content (AvgIpc) is 2.40. The maximum Gasteiger partial charge on any atom is 0.143 e. The Labute approximate surface area is 109 Å².